The molecule has 0 N–H and O–H groups in total. The molecule has 1 aliphatic heterocycles. The topological polar surface area (TPSA) is 43.4 Å². The van der Waals surface area contributed by atoms with E-state index >= 15 is 0 Å². The molecule has 1 heterocycles. The minimum Gasteiger partial charge on any atom is -0.465 e. The van der Waals surface area contributed by atoms with Crippen LogP contribution in [-0.2, 0) is 14.3 Å². The van der Waals surface area contributed by atoms with Crippen LogP contribution in [0.25, 0.3) is 0 Å². The Kier molecular flexibility index (Phi) is 2.63. The number of hydrogen-bond donors (Lipinski definition) is 0. The smallest absolute Gasteiger partial charge is 0.309 e. The Morgan fingerprint density at radius 3 is 2.83 bits per heavy atom. The molecule has 0 amide bonds. The number of hydrogen-bond acceptors (Lipinski definition) is 3. The third-order valence-electron chi connectivity index (χ3n) is 1.95. The molecule has 0 saturated carbocycles. The van der Waals surface area contributed by atoms with E-state index < -0.39 is 0 Å². The lowest BCUT2D eigenvalue weighted by Crippen LogP contribution is -2.13. The zero-order valence-electron chi connectivity index (χ0n) is 7.13. The highest BCUT2D eigenvalue weighted by molar-refractivity contribution is 5.96. The molecular formula is C9H12O3. The van der Waals surface area contributed by atoms with Gasteiger partial charge in [0.25, 0.3) is 0 Å². The van der Waals surface area contributed by atoms with Gasteiger partial charge >= 0.3 is 5.97 Å². The lowest BCUT2D eigenvalue weighted by Gasteiger charge is -2.02. The monoisotopic (exact) mass is 168 g/mol. The van der Waals surface area contributed by atoms with Crippen molar-refractivity contribution in [2.75, 3.05) is 6.61 Å². The summed E-state index contributed by atoms with van der Waals surface area (Å²) in [5.41, 5.74) is 0.509. The van der Waals surface area contributed by atoms with Gasteiger partial charge in [-0.2, -0.15) is 0 Å². The molecule has 0 aromatic rings. The summed E-state index contributed by atoms with van der Waals surface area (Å²) in [6.07, 6.45) is 0.923. The lowest BCUT2D eigenvalue weighted by atomic mass is 9.98. The minimum absolute atomic E-state index is 0.0427. The van der Waals surface area contributed by atoms with Crippen LogP contribution in [0.4, 0.5) is 0 Å². The van der Waals surface area contributed by atoms with Crippen LogP contribution in [0.3, 0.4) is 0 Å². The van der Waals surface area contributed by atoms with Crippen molar-refractivity contribution < 1.29 is 14.3 Å². The molecule has 0 aromatic heterocycles. The highest BCUT2D eigenvalue weighted by Crippen LogP contribution is 2.19. The standard InChI is InChI=1S/C9H12O3/c1-6(2)8(10)5-7-3-4-12-9(7)11/h7H,1,3-5H2,2H3. The minimum atomic E-state index is -0.246. The number of Topliss-reactive ketones (excluding diaryl/α,β-unsaturated/α-hetero) is 1. The van der Waals surface area contributed by atoms with E-state index in [1.807, 2.05) is 0 Å². The summed E-state index contributed by atoms with van der Waals surface area (Å²) in [6, 6.07) is 0. The first-order chi connectivity index (χ1) is 5.61. The second-order valence-electron chi connectivity index (χ2n) is 3.06. The summed E-state index contributed by atoms with van der Waals surface area (Å²) in [6.45, 7) is 5.63. The second kappa shape index (κ2) is 3.52. The van der Waals surface area contributed by atoms with Gasteiger partial charge in [-0.1, -0.05) is 6.58 Å². The largest absolute Gasteiger partial charge is 0.465 e. The van der Waals surface area contributed by atoms with Gasteiger partial charge in [0.1, 0.15) is 0 Å². The lowest BCUT2D eigenvalue weighted by molar-refractivity contribution is -0.142. The number of allylic oxidation sites excluding steroid dienone is 1. The molecule has 66 valence electrons. The predicted octanol–water partition coefficient (Wildman–Crippen LogP) is 1.08. The second-order valence-corrected chi connectivity index (χ2v) is 3.06. The molecule has 0 aromatic carbocycles. The Labute approximate surface area is 71.4 Å². The van der Waals surface area contributed by atoms with Crippen LogP contribution in [0.2, 0.25) is 0 Å². The van der Waals surface area contributed by atoms with Crippen molar-refractivity contribution in [1.82, 2.24) is 0 Å². The summed E-state index contributed by atoms with van der Waals surface area (Å²) < 4.78 is 4.73. The van der Waals surface area contributed by atoms with Gasteiger partial charge in [0.2, 0.25) is 0 Å². The van der Waals surface area contributed by atoms with Gasteiger partial charge in [-0.05, 0) is 18.9 Å². The molecule has 0 bridgehead atoms. The number of carbonyl (C=O) groups is 2. The van der Waals surface area contributed by atoms with Crippen LogP contribution in [0.15, 0.2) is 12.2 Å². The summed E-state index contributed by atoms with van der Waals surface area (Å²) in [5, 5.41) is 0. The van der Waals surface area contributed by atoms with Crippen molar-refractivity contribution in [3.8, 4) is 0 Å². The highest BCUT2D eigenvalue weighted by Gasteiger charge is 2.28. The maximum absolute atomic E-state index is 11.1. The number of carbonyl (C=O) groups excluding carboxylic acids is 2. The van der Waals surface area contributed by atoms with E-state index in [1.165, 1.54) is 0 Å². The Morgan fingerprint density at radius 1 is 1.75 bits per heavy atom. The molecule has 1 saturated heterocycles. The van der Waals surface area contributed by atoms with Gasteiger partial charge in [0.05, 0.1) is 12.5 Å². The fourth-order valence-electron chi connectivity index (χ4n) is 1.12. The van der Waals surface area contributed by atoms with Crippen LogP contribution >= 0.6 is 0 Å². The average molecular weight is 168 g/mol. The summed E-state index contributed by atoms with van der Waals surface area (Å²) in [5.74, 6) is -0.516. The molecule has 0 spiro atoms. The maximum atomic E-state index is 11.1. The normalized spacial score (nSPS) is 22.1. The molecule has 0 aliphatic carbocycles. The van der Waals surface area contributed by atoms with Crippen LogP contribution in [0.1, 0.15) is 19.8 Å². The average Bonchev–Trinajstić information content (AvgIpc) is 2.36. The van der Waals surface area contributed by atoms with E-state index in [0.29, 0.717) is 18.6 Å². The van der Waals surface area contributed by atoms with Crippen molar-refractivity contribution in [2.45, 2.75) is 19.8 Å². The Balaban J connectivity index is 2.46. The van der Waals surface area contributed by atoms with E-state index in [1.54, 1.807) is 6.92 Å². The molecule has 1 rings (SSSR count). The number of esters is 1. The van der Waals surface area contributed by atoms with Gasteiger partial charge < -0.3 is 4.74 Å². The molecule has 3 heteroatoms. The zero-order valence-corrected chi connectivity index (χ0v) is 7.13. The fourth-order valence-corrected chi connectivity index (χ4v) is 1.12. The third-order valence-corrected chi connectivity index (χ3v) is 1.95. The van der Waals surface area contributed by atoms with Crippen molar-refractivity contribution in [1.29, 1.82) is 0 Å². The Hall–Kier alpha value is -1.12. The zero-order chi connectivity index (χ0) is 9.14. The van der Waals surface area contributed by atoms with Crippen LogP contribution in [0.5, 0.6) is 0 Å². The van der Waals surface area contributed by atoms with E-state index in [9.17, 15) is 9.59 Å². The maximum Gasteiger partial charge on any atom is 0.309 e. The molecule has 0 radical (unpaired) electrons. The number of ketones is 1. The van der Waals surface area contributed by atoms with E-state index in [0.717, 1.165) is 0 Å². The molecule has 1 fully saturated rings. The highest BCUT2D eigenvalue weighted by atomic mass is 16.5. The van der Waals surface area contributed by atoms with Gasteiger partial charge in [-0.3, -0.25) is 9.59 Å². The summed E-state index contributed by atoms with van der Waals surface area (Å²) in [7, 11) is 0. The molecule has 1 unspecified atom stereocenters. The molecule has 1 aliphatic rings. The third kappa shape index (κ3) is 1.94. The van der Waals surface area contributed by atoms with E-state index in [4.69, 9.17) is 4.74 Å². The first-order valence-electron chi connectivity index (χ1n) is 3.96. The number of cyclic esters (lactones) is 1. The van der Waals surface area contributed by atoms with Gasteiger partial charge in [-0.25, -0.2) is 0 Å². The quantitative estimate of drug-likeness (QED) is 0.468. The van der Waals surface area contributed by atoms with Gasteiger partial charge in [0, 0.05) is 6.42 Å². The van der Waals surface area contributed by atoms with Crippen molar-refractivity contribution in [3.05, 3.63) is 12.2 Å². The van der Waals surface area contributed by atoms with E-state index in [-0.39, 0.29) is 24.1 Å². The SMILES string of the molecule is C=C(C)C(=O)CC1CCOC1=O. The summed E-state index contributed by atoms with van der Waals surface area (Å²) >= 11 is 0. The van der Waals surface area contributed by atoms with Gasteiger partial charge in [0.15, 0.2) is 5.78 Å². The first kappa shape index (κ1) is 8.97. The fraction of sp³-hybridized carbons (Fsp3) is 0.556. The van der Waals surface area contributed by atoms with E-state index in [2.05, 4.69) is 6.58 Å². The van der Waals surface area contributed by atoms with Crippen molar-refractivity contribution in [3.63, 3.8) is 0 Å². The first-order valence-corrected chi connectivity index (χ1v) is 3.96. The summed E-state index contributed by atoms with van der Waals surface area (Å²) in [4.78, 5) is 22.1. The number of rotatable bonds is 3. The molecule has 12 heavy (non-hydrogen) atoms. The molecular weight excluding hydrogens is 156 g/mol. The molecule has 3 nitrogen and oxygen atoms in total. The van der Waals surface area contributed by atoms with Crippen LogP contribution < -0.4 is 0 Å². The number of ether oxygens (including phenoxy) is 1. The Morgan fingerprint density at radius 2 is 2.42 bits per heavy atom. The van der Waals surface area contributed by atoms with Crippen LogP contribution in [-0.4, -0.2) is 18.4 Å². The van der Waals surface area contributed by atoms with Crippen LogP contribution in [0, 0.1) is 5.92 Å². The van der Waals surface area contributed by atoms with Gasteiger partial charge in [-0.15, -0.1) is 0 Å². The predicted molar refractivity (Wildman–Crippen MR) is 43.5 cm³/mol. The Bertz CT molecular complexity index is 230. The van der Waals surface area contributed by atoms with Crippen molar-refractivity contribution in [2.24, 2.45) is 5.92 Å². The van der Waals surface area contributed by atoms with Crippen molar-refractivity contribution >= 4 is 11.8 Å². The molecule has 1 atom stereocenters.